The van der Waals surface area contributed by atoms with E-state index in [1.54, 1.807) is 17.0 Å². The molecule has 0 aromatic heterocycles. The van der Waals surface area contributed by atoms with Crippen molar-refractivity contribution in [3.05, 3.63) is 62.6 Å². The van der Waals surface area contributed by atoms with Gasteiger partial charge >= 0.3 is 0 Å². The lowest BCUT2D eigenvalue weighted by Crippen LogP contribution is -2.48. The van der Waals surface area contributed by atoms with Crippen molar-refractivity contribution in [2.24, 2.45) is 0 Å². The van der Waals surface area contributed by atoms with E-state index in [9.17, 15) is 14.9 Å². The molecule has 1 saturated heterocycles. The molecule has 1 aliphatic rings. The number of carbonyl (C=O) groups excluding carboxylic acids is 1. The van der Waals surface area contributed by atoms with Crippen molar-refractivity contribution in [1.82, 2.24) is 4.90 Å². The zero-order valence-corrected chi connectivity index (χ0v) is 16.5. The van der Waals surface area contributed by atoms with E-state index in [0.717, 1.165) is 11.4 Å². The summed E-state index contributed by atoms with van der Waals surface area (Å²) >= 11 is 3.14. The maximum Gasteiger partial charge on any atom is 0.284 e. The van der Waals surface area contributed by atoms with E-state index in [0.29, 0.717) is 42.8 Å². The highest BCUT2D eigenvalue weighted by Crippen LogP contribution is 2.30. The molecule has 0 radical (unpaired) electrons. The number of hydrogen-bond acceptors (Lipinski definition) is 5. The number of nitro benzene ring substituents is 1. The highest BCUT2D eigenvalue weighted by Gasteiger charge is 2.25. The second-order valence-electron chi connectivity index (χ2n) is 6.10. The lowest BCUT2D eigenvalue weighted by molar-refractivity contribution is -0.385. The van der Waals surface area contributed by atoms with Gasteiger partial charge in [-0.05, 0) is 47.1 Å². The first kappa shape index (κ1) is 19.2. The van der Waals surface area contributed by atoms with Gasteiger partial charge in [-0.2, -0.15) is 0 Å². The van der Waals surface area contributed by atoms with E-state index in [1.165, 1.54) is 6.07 Å². The molecule has 1 amide bonds. The molecule has 0 spiro atoms. The number of ether oxygens (including phenoxy) is 1. The van der Waals surface area contributed by atoms with Crippen LogP contribution in [0.2, 0.25) is 0 Å². The number of hydrogen-bond donors (Lipinski definition) is 0. The number of nitro groups is 1. The predicted molar refractivity (Wildman–Crippen MR) is 107 cm³/mol. The average Bonchev–Trinajstić information content (AvgIpc) is 2.68. The van der Waals surface area contributed by atoms with Gasteiger partial charge in [0, 0.05) is 37.8 Å². The molecule has 0 saturated carbocycles. The molecule has 142 valence electrons. The zero-order valence-electron chi connectivity index (χ0n) is 14.9. The molecule has 7 nitrogen and oxygen atoms in total. The fourth-order valence-corrected chi connectivity index (χ4v) is 3.51. The molecular weight excluding hydrogens is 414 g/mol. The first-order valence-corrected chi connectivity index (χ1v) is 9.50. The topological polar surface area (TPSA) is 75.9 Å². The zero-order chi connectivity index (χ0) is 19.4. The van der Waals surface area contributed by atoms with Gasteiger partial charge in [-0.1, -0.05) is 12.1 Å². The van der Waals surface area contributed by atoms with Crippen LogP contribution in [0.5, 0.6) is 5.75 Å². The Bertz CT molecular complexity index is 851. The maximum atomic E-state index is 12.7. The van der Waals surface area contributed by atoms with Gasteiger partial charge < -0.3 is 14.5 Å². The molecule has 2 aromatic rings. The third kappa shape index (κ3) is 4.21. The van der Waals surface area contributed by atoms with E-state index in [4.69, 9.17) is 4.74 Å². The maximum absolute atomic E-state index is 12.7. The minimum atomic E-state index is -0.497. The fraction of sp³-hybridized carbons (Fsp3) is 0.316. The van der Waals surface area contributed by atoms with E-state index >= 15 is 0 Å². The van der Waals surface area contributed by atoms with Crippen LogP contribution in [0.15, 0.2) is 46.9 Å². The van der Waals surface area contributed by atoms with Gasteiger partial charge in [0.2, 0.25) is 0 Å². The van der Waals surface area contributed by atoms with Crippen LogP contribution in [-0.4, -0.2) is 48.5 Å². The van der Waals surface area contributed by atoms with Crippen LogP contribution in [-0.2, 0) is 0 Å². The smallest absolute Gasteiger partial charge is 0.284 e. The van der Waals surface area contributed by atoms with E-state index in [1.807, 2.05) is 31.2 Å². The Morgan fingerprint density at radius 2 is 1.89 bits per heavy atom. The number of benzene rings is 2. The number of halogens is 1. The van der Waals surface area contributed by atoms with Crippen molar-refractivity contribution in [2.75, 3.05) is 37.7 Å². The number of anilines is 1. The molecule has 1 heterocycles. The lowest BCUT2D eigenvalue weighted by Gasteiger charge is -2.36. The molecule has 0 aliphatic carbocycles. The summed E-state index contributed by atoms with van der Waals surface area (Å²) in [6.07, 6.45) is 0. The SMILES string of the molecule is CCOc1ccccc1N1CCN(C(=O)c2ccc(Br)c([N+](=O)[O-])c2)CC1. The van der Waals surface area contributed by atoms with Crippen LogP contribution < -0.4 is 9.64 Å². The second kappa shape index (κ2) is 8.39. The molecule has 3 rings (SSSR count). The van der Waals surface area contributed by atoms with Gasteiger partial charge in [-0.3, -0.25) is 14.9 Å². The van der Waals surface area contributed by atoms with Crippen LogP contribution in [0.25, 0.3) is 0 Å². The Balaban J connectivity index is 1.70. The normalized spacial score (nSPS) is 14.1. The van der Waals surface area contributed by atoms with E-state index < -0.39 is 4.92 Å². The first-order valence-electron chi connectivity index (χ1n) is 8.71. The van der Waals surface area contributed by atoms with Crippen molar-refractivity contribution in [1.29, 1.82) is 0 Å². The molecule has 0 atom stereocenters. The number of nitrogens with zero attached hydrogens (tertiary/aromatic N) is 3. The highest BCUT2D eigenvalue weighted by atomic mass is 79.9. The lowest BCUT2D eigenvalue weighted by atomic mass is 10.1. The number of piperazine rings is 1. The highest BCUT2D eigenvalue weighted by molar-refractivity contribution is 9.10. The molecule has 8 heteroatoms. The van der Waals surface area contributed by atoms with Crippen LogP contribution in [0, 0.1) is 10.1 Å². The Hall–Kier alpha value is -2.61. The number of para-hydroxylation sites is 2. The molecule has 0 bridgehead atoms. The Morgan fingerprint density at radius 1 is 1.19 bits per heavy atom. The summed E-state index contributed by atoms with van der Waals surface area (Å²) in [5.41, 5.74) is 1.24. The van der Waals surface area contributed by atoms with Gasteiger partial charge in [0.25, 0.3) is 11.6 Å². The van der Waals surface area contributed by atoms with Gasteiger partial charge in [0.05, 0.1) is 21.7 Å². The molecule has 0 N–H and O–H groups in total. The molecule has 2 aromatic carbocycles. The average molecular weight is 434 g/mol. The third-order valence-electron chi connectivity index (χ3n) is 4.46. The van der Waals surface area contributed by atoms with Crippen LogP contribution in [0.1, 0.15) is 17.3 Å². The quantitative estimate of drug-likeness (QED) is 0.530. The summed E-state index contributed by atoms with van der Waals surface area (Å²) in [5.74, 6) is 0.645. The van der Waals surface area contributed by atoms with Crippen molar-refractivity contribution in [3.63, 3.8) is 0 Å². The molecule has 27 heavy (non-hydrogen) atoms. The first-order chi connectivity index (χ1) is 13.0. The van der Waals surface area contributed by atoms with Gasteiger partial charge in [0.15, 0.2) is 0 Å². The summed E-state index contributed by atoms with van der Waals surface area (Å²) in [5, 5.41) is 11.1. The molecule has 1 fully saturated rings. The number of rotatable bonds is 5. The van der Waals surface area contributed by atoms with Crippen LogP contribution >= 0.6 is 15.9 Å². The minimum absolute atomic E-state index is 0.106. The van der Waals surface area contributed by atoms with Crippen molar-refractivity contribution in [3.8, 4) is 5.75 Å². The summed E-state index contributed by atoms with van der Waals surface area (Å²) in [6, 6.07) is 12.3. The fourth-order valence-electron chi connectivity index (χ4n) is 3.11. The standard InChI is InChI=1S/C19H20BrN3O4/c1-2-27-18-6-4-3-5-16(18)21-9-11-22(12-10-21)19(24)14-7-8-15(20)17(13-14)23(25)26/h3-8,13H,2,9-12H2,1H3. The monoisotopic (exact) mass is 433 g/mol. The van der Waals surface area contributed by atoms with Crippen molar-refractivity contribution in [2.45, 2.75) is 6.92 Å². The second-order valence-corrected chi connectivity index (χ2v) is 6.96. The summed E-state index contributed by atoms with van der Waals surface area (Å²) in [6.45, 7) is 4.98. The van der Waals surface area contributed by atoms with Crippen molar-refractivity contribution < 1.29 is 14.5 Å². The van der Waals surface area contributed by atoms with Gasteiger partial charge in [-0.15, -0.1) is 0 Å². The summed E-state index contributed by atoms with van der Waals surface area (Å²) in [7, 11) is 0. The Labute approximate surface area is 165 Å². The predicted octanol–water partition coefficient (Wildman–Crippen LogP) is 3.72. The van der Waals surface area contributed by atoms with Crippen LogP contribution in [0.4, 0.5) is 11.4 Å². The van der Waals surface area contributed by atoms with E-state index in [2.05, 4.69) is 20.8 Å². The largest absolute Gasteiger partial charge is 0.492 e. The minimum Gasteiger partial charge on any atom is -0.492 e. The van der Waals surface area contributed by atoms with Crippen LogP contribution in [0.3, 0.4) is 0 Å². The Kier molecular flexibility index (Phi) is 5.95. The van der Waals surface area contributed by atoms with E-state index in [-0.39, 0.29) is 11.6 Å². The van der Waals surface area contributed by atoms with Crippen molar-refractivity contribution >= 4 is 33.2 Å². The molecule has 1 aliphatic heterocycles. The number of carbonyl (C=O) groups is 1. The molecular formula is C19H20BrN3O4. The third-order valence-corrected chi connectivity index (χ3v) is 5.13. The van der Waals surface area contributed by atoms with Gasteiger partial charge in [0.1, 0.15) is 5.75 Å². The molecule has 0 unspecified atom stereocenters. The summed E-state index contributed by atoms with van der Waals surface area (Å²) < 4.78 is 6.05. The Morgan fingerprint density at radius 3 is 2.56 bits per heavy atom. The summed E-state index contributed by atoms with van der Waals surface area (Å²) in [4.78, 5) is 27.3. The number of amides is 1. The van der Waals surface area contributed by atoms with Gasteiger partial charge in [-0.25, -0.2) is 0 Å².